The molecule has 4 heteroatoms. The summed E-state index contributed by atoms with van der Waals surface area (Å²) >= 11 is 0. The fraction of sp³-hybridized carbons (Fsp3) is 0.478. The van der Waals surface area contributed by atoms with Crippen LogP contribution in [0.5, 0.6) is 5.75 Å². The summed E-state index contributed by atoms with van der Waals surface area (Å²) in [5.74, 6) is 1.60. The highest BCUT2D eigenvalue weighted by Gasteiger charge is 2.32. The van der Waals surface area contributed by atoms with E-state index in [-0.39, 0.29) is 0 Å². The molecule has 3 rings (SSSR count). The van der Waals surface area contributed by atoms with Gasteiger partial charge in [-0.25, -0.2) is 0 Å². The topological polar surface area (TPSA) is 41.9 Å². The minimum absolute atomic E-state index is 0.342. The molecular weight excluding hydrogens is 338 g/mol. The molecule has 1 aliphatic rings. The van der Waals surface area contributed by atoms with Crippen molar-refractivity contribution >= 4 is 0 Å². The summed E-state index contributed by atoms with van der Waals surface area (Å²) in [6.07, 6.45) is 2.11. The second-order valence-corrected chi connectivity index (χ2v) is 7.51. The number of aliphatic hydroxyl groups excluding tert-OH is 1. The molecule has 0 saturated heterocycles. The number of benzene rings is 2. The molecule has 2 aromatic rings. The summed E-state index contributed by atoms with van der Waals surface area (Å²) in [7, 11) is 1.66. The maximum atomic E-state index is 10.5. The Labute approximate surface area is 162 Å². The number of aliphatic hydroxyl groups is 1. The lowest BCUT2D eigenvalue weighted by molar-refractivity contribution is -0.000131. The van der Waals surface area contributed by atoms with Gasteiger partial charge in [-0.15, -0.1) is 0 Å². The van der Waals surface area contributed by atoms with Crippen LogP contribution in [0.2, 0.25) is 0 Å². The molecule has 2 aromatic carbocycles. The average Bonchev–Trinajstić information content (AvgIpc) is 3.53. The van der Waals surface area contributed by atoms with Crippen molar-refractivity contribution < 1.29 is 14.6 Å². The summed E-state index contributed by atoms with van der Waals surface area (Å²) in [5, 5.41) is 10.5. The van der Waals surface area contributed by atoms with Gasteiger partial charge in [-0.05, 0) is 48.9 Å². The fourth-order valence-electron chi connectivity index (χ4n) is 3.43. The third-order valence-electron chi connectivity index (χ3n) is 5.29. The second-order valence-electron chi connectivity index (χ2n) is 7.51. The van der Waals surface area contributed by atoms with E-state index in [2.05, 4.69) is 36.1 Å². The van der Waals surface area contributed by atoms with Gasteiger partial charge in [-0.1, -0.05) is 42.5 Å². The zero-order valence-electron chi connectivity index (χ0n) is 16.4. The Kier molecular flexibility index (Phi) is 7.27. The van der Waals surface area contributed by atoms with Gasteiger partial charge in [0.25, 0.3) is 0 Å². The number of hydrogen-bond acceptors (Lipinski definition) is 4. The molecule has 0 aliphatic heterocycles. The van der Waals surface area contributed by atoms with Crippen molar-refractivity contribution in [1.82, 2.24) is 4.90 Å². The number of rotatable bonds is 11. The molecule has 0 amide bonds. The molecule has 1 N–H and O–H groups in total. The lowest BCUT2D eigenvalue weighted by atomic mass is 10.1. The van der Waals surface area contributed by atoms with E-state index in [1.54, 1.807) is 7.11 Å². The first kappa shape index (κ1) is 19.9. The maximum absolute atomic E-state index is 10.5. The number of hydrogen-bond donors (Lipinski definition) is 1. The van der Waals surface area contributed by atoms with Crippen LogP contribution in [0.1, 0.15) is 30.9 Å². The number of methoxy groups -OCH3 is 1. The van der Waals surface area contributed by atoms with Gasteiger partial charge in [0, 0.05) is 19.1 Å². The van der Waals surface area contributed by atoms with Crippen LogP contribution in [0.15, 0.2) is 54.6 Å². The monoisotopic (exact) mass is 369 g/mol. The Balaban J connectivity index is 1.48. The lowest BCUT2D eigenvalue weighted by Gasteiger charge is -2.31. The molecule has 0 aromatic heterocycles. The third kappa shape index (κ3) is 6.35. The number of nitrogens with zero attached hydrogens (tertiary/aromatic N) is 1. The first-order chi connectivity index (χ1) is 13.2. The zero-order chi connectivity index (χ0) is 19.1. The molecule has 1 saturated carbocycles. The van der Waals surface area contributed by atoms with E-state index in [1.807, 2.05) is 30.3 Å². The molecule has 2 atom stereocenters. The maximum Gasteiger partial charge on any atom is 0.118 e. The van der Waals surface area contributed by atoms with Crippen LogP contribution in [0.4, 0.5) is 0 Å². The summed E-state index contributed by atoms with van der Waals surface area (Å²) in [6.45, 7) is 4.63. The minimum atomic E-state index is -0.492. The number of ether oxygens (including phenoxy) is 2. The average molecular weight is 370 g/mol. The van der Waals surface area contributed by atoms with Gasteiger partial charge in [-0.3, -0.25) is 4.90 Å². The van der Waals surface area contributed by atoms with Gasteiger partial charge >= 0.3 is 0 Å². The van der Waals surface area contributed by atoms with Crippen LogP contribution in [-0.4, -0.2) is 42.4 Å². The predicted octanol–water partition coefficient (Wildman–Crippen LogP) is 3.87. The minimum Gasteiger partial charge on any atom is -0.497 e. The molecule has 1 fully saturated rings. The van der Waals surface area contributed by atoms with Crippen LogP contribution in [0.25, 0.3) is 0 Å². The van der Waals surface area contributed by atoms with Gasteiger partial charge in [0.1, 0.15) is 5.75 Å². The predicted molar refractivity (Wildman–Crippen MR) is 108 cm³/mol. The summed E-state index contributed by atoms with van der Waals surface area (Å²) in [4.78, 5) is 2.40. The van der Waals surface area contributed by atoms with Crippen LogP contribution in [0.3, 0.4) is 0 Å². The van der Waals surface area contributed by atoms with Gasteiger partial charge in [0.05, 0.1) is 26.4 Å². The van der Waals surface area contributed by atoms with E-state index >= 15 is 0 Å². The van der Waals surface area contributed by atoms with E-state index < -0.39 is 6.10 Å². The summed E-state index contributed by atoms with van der Waals surface area (Å²) < 4.78 is 10.9. The largest absolute Gasteiger partial charge is 0.497 e. The Morgan fingerprint density at radius 1 is 1.04 bits per heavy atom. The first-order valence-corrected chi connectivity index (χ1v) is 9.82. The highest BCUT2D eigenvalue weighted by atomic mass is 16.5. The zero-order valence-corrected chi connectivity index (χ0v) is 16.4. The Hall–Kier alpha value is -1.88. The van der Waals surface area contributed by atoms with Crippen molar-refractivity contribution in [3.05, 3.63) is 65.7 Å². The van der Waals surface area contributed by atoms with Crippen LogP contribution in [0, 0.1) is 5.92 Å². The Morgan fingerprint density at radius 2 is 1.74 bits per heavy atom. The molecule has 27 heavy (non-hydrogen) atoms. The highest BCUT2D eigenvalue weighted by molar-refractivity contribution is 5.26. The smallest absolute Gasteiger partial charge is 0.118 e. The van der Waals surface area contributed by atoms with Crippen molar-refractivity contribution in [1.29, 1.82) is 0 Å². The van der Waals surface area contributed by atoms with E-state index in [0.29, 0.717) is 25.8 Å². The van der Waals surface area contributed by atoms with E-state index in [9.17, 15) is 5.11 Å². The van der Waals surface area contributed by atoms with Crippen molar-refractivity contribution in [3.8, 4) is 5.75 Å². The standard InChI is InChI=1S/C23H31NO3/c1-18(21-10-11-21)24(14-19-6-4-3-5-7-19)15-22(25)17-27-16-20-8-12-23(26-2)13-9-20/h3-9,12-13,18,21-22,25H,10-11,14-17H2,1-2H3/t18-,22+/m0/s1. The second kappa shape index (κ2) is 9.88. The molecule has 4 nitrogen and oxygen atoms in total. The van der Waals surface area contributed by atoms with Crippen LogP contribution >= 0.6 is 0 Å². The van der Waals surface area contributed by atoms with Crippen LogP contribution < -0.4 is 4.74 Å². The normalized spacial score (nSPS) is 16.3. The third-order valence-corrected chi connectivity index (χ3v) is 5.29. The lowest BCUT2D eigenvalue weighted by Crippen LogP contribution is -2.41. The first-order valence-electron chi connectivity index (χ1n) is 9.82. The summed E-state index contributed by atoms with van der Waals surface area (Å²) in [5.41, 5.74) is 2.37. The Morgan fingerprint density at radius 3 is 2.37 bits per heavy atom. The molecule has 0 bridgehead atoms. The molecule has 146 valence electrons. The van der Waals surface area contributed by atoms with Crippen LogP contribution in [-0.2, 0) is 17.9 Å². The van der Waals surface area contributed by atoms with Crippen molar-refractivity contribution in [2.24, 2.45) is 5.92 Å². The Bertz CT molecular complexity index is 670. The van der Waals surface area contributed by atoms with Gasteiger partial charge in [0.15, 0.2) is 0 Å². The molecule has 1 aliphatic carbocycles. The van der Waals surface area contributed by atoms with Gasteiger partial charge < -0.3 is 14.6 Å². The SMILES string of the molecule is COc1ccc(COC[C@H](O)CN(Cc2ccccc2)[C@@H](C)C2CC2)cc1. The molecular formula is C23H31NO3. The van der Waals surface area contributed by atoms with Crippen molar-refractivity contribution in [2.45, 2.75) is 45.1 Å². The molecule has 0 radical (unpaired) electrons. The molecule has 0 unspecified atom stereocenters. The highest BCUT2D eigenvalue weighted by Crippen LogP contribution is 2.35. The van der Waals surface area contributed by atoms with Gasteiger partial charge in [-0.2, -0.15) is 0 Å². The van der Waals surface area contributed by atoms with Crippen molar-refractivity contribution in [3.63, 3.8) is 0 Å². The van der Waals surface area contributed by atoms with E-state index in [1.165, 1.54) is 18.4 Å². The van der Waals surface area contributed by atoms with Gasteiger partial charge in [0.2, 0.25) is 0 Å². The quantitative estimate of drug-likeness (QED) is 0.653. The van der Waals surface area contributed by atoms with E-state index in [0.717, 1.165) is 23.8 Å². The fourth-order valence-corrected chi connectivity index (χ4v) is 3.43. The van der Waals surface area contributed by atoms with E-state index in [4.69, 9.17) is 9.47 Å². The molecule has 0 spiro atoms. The summed E-state index contributed by atoms with van der Waals surface area (Å²) in [6, 6.07) is 18.8. The van der Waals surface area contributed by atoms with Crippen molar-refractivity contribution in [2.75, 3.05) is 20.3 Å². The molecule has 0 heterocycles.